The maximum Gasteiger partial charge on any atom is 0.213 e. The summed E-state index contributed by atoms with van der Waals surface area (Å²) in [7, 11) is -2.85. The molecular weight excluding hydrogens is 486 g/mol. The van der Waals surface area contributed by atoms with Crippen LogP contribution in [-0.4, -0.2) is 56.6 Å². The number of hydrogen-bond donors (Lipinski definition) is 1. The molecule has 0 aliphatic carbocycles. The molecule has 0 aliphatic heterocycles. The van der Waals surface area contributed by atoms with Gasteiger partial charge in [0.1, 0.15) is 17.7 Å². The number of aromatic nitrogens is 4. The lowest BCUT2D eigenvalue weighted by Gasteiger charge is -2.41. The standard InChI is InChI=1S/C26H41N5O3Si2/c1-24(2,3)35-33-15-26(7,16-34-36(8,9)25(4,5)6)31-14-20(19-13-28-17-30-23(19)31)22(32)21-12-18(27)10-11-29-21/h10-14,17H,15-16,35H2,1-9H3,(H2,27,29). The average Bonchev–Trinajstić information content (AvgIpc) is 3.16. The summed E-state index contributed by atoms with van der Waals surface area (Å²) < 4.78 is 15.1. The van der Waals surface area contributed by atoms with Gasteiger partial charge in [-0.3, -0.25) is 9.78 Å². The zero-order chi connectivity index (χ0) is 26.9. The summed E-state index contributed by atoms with van der Waals surface area (Å²) in [6.07, 6.45) is 6.58. The summed E-state index contributed by atoms with van der Waals surface area (Å²) in [6.45, 7) is 20.8. The van der Waals surface area contributed by atoms with Gasteiger partial charge in [0.05, 0.1) is 24.3 Å². The summed E-state index contributed by atoms with van der Waals surface area (Å²) in [5, 5.41) is 0.885. The van der Waals surface area contributed by atoms with Crippen LogP contribution < -0.4 is 5.73 Å². The van der Waals surface area contributed by atoms with Crippen LogP contribution >= 0.6 is 0 Å². The zero-order valence-electron chi connectivity index (χ0n) is 23.2. The van der Waals surface area contributed by atoms with Crippen LogP contribution in [0.3, 0.4) is 0 Å². The number of nitrogen functional groups attached to an aromatic ring is 1. The number of anilines is 1. The minimum Gasteiger partial charge on any atom is -0.421 e. The lowest BCUT2D eigenvalue weighted by atomic mass is 10.1. The molecule has 1 atom stereocenters. The van der Waals surface area contributed by atoms with Gasteiger partial charge in [-0.15, -0.1) is 0 Å². The van der Waals surface area contributed by atoms with E-state index in [4.69, 9.17) is 14.6 Å². The number of ketones is 1. The van der Waals surface area contributed by atoms with Crippen molar-refractivity contribution in [3.05, 3.63) is 48.3 Å². The van der Waals surface area contributed by atoms with Gasteiger partial charge in [-0.05, 0) is 42.2 Å². The molecule has 0 aliphatic rings. The van der Waals surface area contributed by atoms with Crippen LogP contribution in [0.1, 0.15) is 64.5 Å². The summed E-state index contributed by atoms with van der Waals surface area (Å²) in [5.41, 5.74) is 7.26. The van der Waals surface area contributed by atoms with E-state index in [-0.39, 0.29) is 21.6 Å². The number of carbonyl (C=O) groups is 1. The third kappa shape index (κ3) is 6.28. The Hall–Kier alpha value is -2.41. The van der Waals surface area contributed by atoms with Crippen LogP contribution in [0.2, 0.25) is 23.2 Å². The van der Waals surface area contributed by atoms with Gasteiger partial charge in [0.15, 0.2) is 18.1 Å². The van der Waals surface area contributed by atoms with Gasteiger partial charge in [-0.25, -0.2) is 9.97 Å². The number of nitrogens with zero attached hydrogens (tertiary/aromatic N) is 4. The number of nitrogens with two attached hydrogens (primary N) is 1. The molecule has 0 fully saturated rings. The van der Waals surface area contributed by atoms with Crippen LogP contribution in [0.5, 0.6) is 0 Å². The molecule has 3 rings (SSSR count). The third-order valence-corrected chi connectivity index (χ3v) is 12.6. The highest BCUT2D eigenvalue weighted by Gasteiger charge is 2.40. The second kappa shape index (κ2) is 10.2. The normalized spacial score (nSPS) is 15.0. The first-order chi connectivity index (χ1) is 16.5. The van der Waals surface area contributed by atoms with Crippen molar-refractivity contribution in [2.75, 3.05) is 18.9 Å². The zero-order valence-corrected chi connectivity index (χ0v) is 25.6. The fourth-order valence-corrected chi connectivity index (χ4v) is 5.84. The quantitative estimate of drug-likeness (QED) is 0.318. The Bertz CT molecular complexity index is 1230. The lowest BCUT2D eigenvalue weighted by Crippen LogP contribution is -2.48. The van der Waals surface area contributed by atoms with Gasteiger partial charge >= 0.3 is 0 Å². The third-order valence-electron chi connectivity index (χ3n) is 6.81. The summed E-state index contributed by atoms with van der Waals surface area (Å²) in [5.74, 6) is -0.224. The van der Waals surface area contributed by atoms with E-state index in [1.807, 2.05) is 10.8 Å². The Morgan fingerprint density at radius 3 is 2.42 bits per heavy atom. The molecule has 1 unspecified atom stereocenters. The highest BCUT2D eigenvalue weighted by molar-refractivity contribution is 6.74. The van der Waals surface area contributed by atoms with Gasteiger partial charge in [-0.1, -0.05) is 41.5 Å². The van der Waals surface area contributed by atoms with E-state index in [9.17, 15) is 4.79 Å². The Morgan fingerprint density at radius 1 is 1.11 bits per heavy atom. The van der Waals surface area contributed by atoms with Gasteiger partial charge < -0.3 is 19.2 Å². The van der Waals surface area contributed by atoms with E-state index in [2.05, 4.69) is 76.5 Å². The van der Waals surface area contributed by atoms with Crippen LogP contribution in [0.15, 0.2) is 37.1 Å². The van der Waals surface area contributed by atoms with E-state index >= 15 is 0 Å². The SMILES string of the molecule is CC(C)(C)[SiH2]OCC(C)(CO[Si](C)(C)C(C)(C)C)n1cc(C(=O)c2cc(N)ccn2)c2cncnc21. The number of rotatable bonds is 9. The molecule has 0 bridgehead atoms. The fraction of sp³-hybridized carbons (Fsp3) is 0.538. The molecule has 0 amide bonds. The summed E-state index contributed by atoms with van der Waals surface area (Å²) in [4.78, 5) is 26.5. The van der Waals surface area contributed by atoms with E-state index in [1.54, 1.807) is 24.5 Å². The molecule has 0 aromatic carbocycles. The average molecular weight is 528 g/mol. The van der Waals surface area contributed by atoms with Crippen molar-refractivity contribution in [1.29, 1.82) is 0 Å². The van der Waals surface area contributed by atoms with Crippen molar-refractivity contribution in [2.24, 2.45) is 0 Å². The van der Waals surface area contributed by atoms with Crippen LogP contribution in [-0.2, 0) is 14.4 Å². The van der Waals surface area contributed by atoms with Crippen LogP contribution in [0.4, 0.5) is 5.69 Å². The maximum atomic E-state index is 13.5. The first kappa shape index (κ1) is 28.2. The molecule has 3 aromatic rings. The van der Waals surface area contributed by atoms with Gasteiger partial charge in [-0.2, -0.15) is 0 Å². The van der Waals surface area contributed by atoms with E-state index in [0.717, 1.165) is 0 Å². The minimum absolute atomic E-state index is 0.0654. The Labute approximate surface area is 218 Å². The van der Waals surface area contributed by atoms with Crippen molar-refractivity contribution in [2.45, 2.75) is 77.2 Å². The second-order valence-corrected chi connectivity index (χ2v) is 20.2. The van der Waals surface area contributed by atoms with Crippen molar-refractivity contribution in [3.63, 3.8) is 0 Å². The molecule has 0 saturated heterocycles. The number of carbonyl (C=O) groups excluding carboxylic acids is 1. The van der Waals surface area contributed by atoms with E-state index < -0.39 is 23.6 Å². The molecule has 3 aromatic heterocycles. The topological polar surface area (TPSA) is 105 Å². The molecule has 0 saturated carbocycles. The Kier molecular flexibility index (Phi) is 7.95. The fourth-order valence-electron chi connectivity index (χ4n) is 3.58. The van der Waals surface area contributed by atoms with E-state index in [0.29, 0.717) is 35.5 Å². The summed E-state index contributed by atoms with van der Waals surface area (Å²) >= 11 is 0. The van der Waals surface area contributed by atoms with Gasteiger partial charge in [0.25, 0.3) is 0 Å². The number of pyridine rings is 1. The molecule has 36 heavy (non-hydrogen) atoms. The predicted molar refractivity (Wildman–Crippen MR) is 151 cm³/mol. The lowest BCUT2D eigenvalue weighted by molar-refractivity contribution is 0.0961. The maximum absolute atomic E-state index is 13.5. The van der Waals surface area contributed by atoms with Crippen molar-refractivity contribution >= 4 is 40.6 Å². The Morgan fingerprint density at radius 2 is 1.81 bits per heavy atom. The molecule has 196 valence electrons. The Balaban J connectivity index is 2.09. The highest BCUT2D eigenvalue weighted by Crippen LogP contribution is 2.38. The van der Waals surface area contributed by atoms with E-state index in [1.165, 1.54) is 6.33 Å². The van der Waals surface area contributed by atoms with Crippen LogP contribution in [0.25, 0.3) is 11.0 Å². The minimum atomic E-state index is -2.05. The molecule has 2 N–H and O–H groups in total. The highest BCUT2D eigenvalue weighted by atomic mass is 28.4. The molecule has 0 spiro atoms. The monoisotopic (exact) mass is 527 g/mol. The summed E-state index contributed by atoms with van der Waals surface area (Å²) in [6, 6.07) is 3.25. The van der Waals surface area contributed by atoms with Crippen molar-refractivity contribution < 1.29 is 13.6 Å². The van der Waals surface area contributed by atoms with Crippen molar-refractivity contribution in [1.82, 2.24) is 19.5 Å². The van der Waals surface area contributed by atoms with Gasteiger partial charge in [0, 0.05) is 29.7 Å². The van der Waals surface area contributed by atoms with Crippen LogP contribution in [0, 0.1) is 0 Å². The smallest absolute Gasteiger partial charge is 0.213 e. The molecule has 0 radical (unpaired) electrons. The number of hydrogen-bond acceptors (Lipinski definition) is 7. The molecular formula is C26H41N5O3Si2. The first-order valence-electron chi connectivity index (χ1n) is 12.3. The molecule has 10 heteroatoms. The second-order valence-electron chi connectivity index (χ2n) is 12.6. The first-order valence-corrected chi connectivity index (χ1v) is 16.5. The number of fused-ring (bicyclic) bond motifs is 1. The van der Waals surface area contributed by atoms with Crippen molar-refractivity contribution in [3.8, 4) is 0 Å². The predicted octanol–water partition coefficient (Wildman–Crippen LogP) is 4.70. The molecule has 8 nitrogen and oxygen atoms in total. The molecule has 3 heterocycles. The largest absolute Gasteiger partial charge is 0.421 e. The van der Waals surface area contributed by atoms with Gasteiger partial charge in [0.2, 0.25) is 5.78 Å².